The fraction of sp³-hybridized carbons (Fsp3) is 1.00. The minimum Gasteiger partial charge on any atom is -0.326 e. The molecule has 11 heavy (non-hydrogen) atoms. The molecule has 2 nitrogen and oxygen atoms in total. The zero-order chi connectivity index (χ0) is 8.48. The monoisotopic (exact) mass is 164 g/mol. The van der Waals surface area contributed by atoms with E-state index in [-0.39, 0.29) is 19.0 Å². The Morgan fingerprint density at radius 2 is 2.27 bits per heavy atom. The molecule has 0 radical (unpaired) electrons. The van der Waals surface area contributed by atoms with Gasteiger partial charge in [0.15, 0.2) is 0 Å². The Morgan fingerprint density at radius 3 is 2.73 bits per heavy atom. The van der Waals surface area contributed by atoms with Crippen LogP contribution in [0.15, 0.2) is 0 Å². The maximum absolute atomic E-state index is 12.8. The Balaban J connectivity index is 2.51. The van der Waals surface area contributed by atoms with Crippen molar-refractivity contribution in [2.45, 2.75) is 25.3 Å². The number of likely N-dealkylation sites (tertiary alicyclic amines) is 1. The van der Waals surface area contributed by atoms with Crippen molar-refractivity contribution < 1.29 is 8.78 Å². The molecule has 1 saturated heterocycles. The van der Waals surface area contributed by atoms with Gasteiger partial charge < -0.3 is 5.73 Å². The Labute approximate surface area is 65.4 Å². The summed E-state index contributed by atoms with van der Waals surface area (Å²) < 4.78 is 25.5. The van der Waals surface area contributed by atoms with Crippen LogP contribution in [-0.4, -0.2) is 36.5 Å². The molecule has 1 aliphatic heterocycles. The molecule has 1 rings (SSSR count). The van der Waals surface area contributed by atoms with Gasteiger partial charge in [0, 0.05) is 19.0 Å². The first kappa shape index (κ1) is 8.87. The van der Waals surface area contributed by atoms with Gasteiger partial charge in [0.1, 0.15) is 0 Å². The third kappa shape index (κ3) is 2.38. The fourth-order valence-electron chi connectivity index (χ4n) is 1.48. The molecule has 66 valence electrons. The van der Waals surface area contributed by atoms with Crippen molar-refractivity contribution >= 4 is 0 Å². The number of nitrogens with zero attached hydrogens (tertiary/aromatic N) is 1. The zero-order valence-corrected chi connectivity index (χ0v) is 6.69. The molecule has 0 spiro atoms. The van der Waals surface area contributed by atoms with Crippen LogP contribution in [0.5, 0.6) is 0 Å². The van der Waals surface area contributed by atoms with Crippen LogP contribution >= 0.6 is 0 Å². The third-order valence-corrected chi connectivity index (χ3v) is 1.96. The Kier molecular flexibility index (Phi) is 2.44. The number of hydrogen-bond donors (Lipinski definition) is 1. The Bertz CT molecular complexity index is 138. The average Bonchev–Trinajstić information content (AvgIpc) is 1.83. The van der Waals surface area contributed by atoms with Gasteiger partial charge in [-0.25, -0.2) is 8.78 Å². The maximum atomic E-state index is 12.8. The quantitative estimate of drug-likeness (QED) is 0.617. The van der Waals surface area contributed by atoms with Crippen molar-refractivity contribution in [3.8, 4) is 0 Å². The largest absolute Gasteiger partial charge is 0.326 e. The summed E-state index contributed by atoms with van der Waals surface area (Å²) in [6.45, 7) is 3.00. The molecule has 1 heterocycles. The van der Waals surface area contributed by atoms with Crippen molar-refractivity contribution in [3.63, 3.8) is 0 Å². The number of piperidine rings is 1. The van der Waals surface area contributed by atoms with Crippen molar-refractivity contribution in [2.24, 2.45) is 5.73 Å². The predicted octanol–water partition coefficient (Wildman–Crippen LogP) is 0.675. The van der Waals surface area contributed by atoms with Gasteiger partial charge in [-0.1, -0.05) is 6.92 Å². The molecule has 0 bridgehead atoms. The van der Waals surface area contributed by atoms with Crippen molar-refractivity contribution in [1.29, 1.82) is 0 Å². The van der Waals surface area contributed by atoms with Crippen LogP contribution in [0, 0.1) is 0 Å². The maximum Gasteiger partial charge on any atom is 0.262 e. The summed E-state index contributed by atoms with van der Waals surface area (Å²) in [7, 11) is 0. The van der Waals surface area contributed by atoms with Gasteiger partial charge in [0.2, 0.25) is 0 Å². The highest BCUT2D eigenvalue weighted by Crippen LogP contribution is 2.25. The normalized spacial score (nSPS) is 32.2. The fourth-order valence-corrected chi connectivity index (χ4v) is 1.48. The summed E-state index contributed by atoms with van der Waals surface area (Å²) in [5, 5.41) is 0. The van der Waals surface area contributed by atoms with Crippen LogP contribution in [0.3, 0.4) is 0 Å². The second-order valence-electron chi connectivity index (χ2n) is 3.15. The minimum atomic E-state index is -2.58. The molecule has 0 amide bonds. The summed E-state index contributed by atoms with van der Waals surface area (Å²) in [4.78, 5) is 1.69. The van der Waals surface area contributed by atoms with Gasteiger partial charge >= 0.3 is 0 Å². The molecule has 1 aliphatic rings. The summed E-state index contributed by atoms with van der Waals surface area (Å²) >= 11 is 0. The topological polar surface area (TPSA) is 29.3 Å². The Morgan fingerprint density at radius 1 is 1.64 bits per heavy atom. The van der Waals surface area contributed by atoms with E-state index in [9.17, 15) is 8.78 Å². The number of hydrogen-bond acceptors (Lipinski definition) is 2. The van der Waals surface area contributed by atoms with E-state index in [0.717, 1.165) is 0 Å². The van der Waals surface area contributed by atoms with Gasteiger partial charge in [0.25, 0.3) is 5.92 Å². The average molecular weight is 164 g/mol. The molecule has 4 heteroatoms. The number of rotatable bonds is 1. The molecule has 2 N–H and O–H groups in total. The second-order valence-corrected chi connectivity index (χ2v) is 3.15. The lowest BCUT2D eigenvalue weighted by Gasteiger charge is -2.35. The van der Waals surface area contributed by atoms with Crippen molar-refractivity contribution in [1.82, 2.24) is 4.90 Å². The molecular formula is C7H14F2N2. The second kappa shape index (κ2) is 3.03. The highest BCUT2D eigenvalue weighted by atomic mass is 19.3. The van der Waals surface area contributed by atoms with E-state index in [4.69, 9.17) is 5.73 Å². The number of likely N-dealkylation sites (N-methyl/N-ethyl adjacent to an activating group) is 1. The van der Waals surface area contributed by atoms with E-state index < -0.39 is 5.92 Å². The predicted molar refractivity (Wildman–Crippen MR) is 39.7 cm³/mol. The summed E-state index contributed by atoms with van der Waals surface area (Å²) in [6.07, 6.45) is -0.163. The van der Waals surface area contributed by atoms with Crippen LogP contribution < -0.4 is 5.73 Å². The molecule has 0 saturated carbocycles. The van der Waals surface area contributed by atoms with Crippen molar-refractivity contribution in [2.75, 3.05) is 19.6 Å². The third-order valence-electron chi connectivity index (χ3n) is 1.96. The van der Waals surface area contributed by atoms with Gasteiger partial charge in [0.05, 0.1) is 6.54 Å². The molecular weight excluding hydrogens is 150 g/mol. The highest BCUT2D eigenvalue weighted by Gasteiger charge is 2.38. The summed E-state index contributed by atoms with van der Waals surface area (Å²) in [5.74, 6) is -2.58. The van der Waals surface area contributed by atoms with E-state index in [1.807, 2.05) is 6.92 Å². The molecule has 0 unspecified atom stereocenters. The Hall–Kier alpha value is -0.220. The lowest BCUT2D eigenvalue weighted by Crippen LogP contribution is -2.52. The van der Waals surface area contributed by atoms with E-state index in [1.54, 1.807) is 4.90 Å². The highest BCUT2D eigenvalue weighted by molar-refractivity contribution is 4.85. The summed E-state index contributed by atoms with van der Waals surface area (Å²) in [5.41, 5.74) is 5.45. The molecule has 0 aliphatic carbocycles. The minimum absolute atomic E-state index is 0.128. The van der Waals surface area contributed by atoms with Crippen molar-refractivity contribution in [3.05, 3.63) is 0 Å². The van der Waals surface area contributed by atoms with Crippen LogP contribution in [0.25, 0.3) is 0 Å². The number of nitrogens with two attached hydrogens (primary N) is 1. The van der Waals surface area contributed by atoms with Gasteiger partial charge in [-0.05, 0) is 6.54 Å². The standard InChI is InChI=1S/C7H14F2N2/c1-2-11-4-6(10)3-7(8,9)5-11/h6H,2-5,10H2,1H3/t6-/m0/s1. The van der Waals surface area contributed by atoms with Crippen LogP contribution in [0.1, 0.15) is 13.3 Å². The van der Waals surface area contributed by atoms with E-state index in [2.05, 4.69) is 0 Å². The lowest BCUT2D eigenvalue weighted by atomic mass is 10.0. The molecule has 0 aromatic rings. The number of alkyl halides is 2. The molecule has 1 atom stereocenters. The van der Waals surface area contributed by atoms with Crippen LogP contribution in [0.4, 0.5) is 8.78 Å². The van der Waals surface area contributed by atoms with E-state index in [1.165, 1.54) is 0 Å². The first-order chi connectivity index (χ1) is 5.03. The zero-order valence-electron chi connectivity index (χ0n) is 6.69. The lowest BCUT2D eigenvalue weighted by molar-refractivity contribution is -0.0690. The molecule has 1 fully saturated rings. The summed E-state index contributed by atoms with van der Waals surface area (Å²) in [6, 6.07) is -0.362. The van der Waals surface area contributed by atoms with E-state index in [0.29, 0.717) is 13.1 Å². The van der Waals surface area contributed by atoms with Gasteiger partial charge in [-0.2, -0.15) is 0 Å². The molecule has 0 aromatic carbocycles. The van der Waals surface area contributed by atoms with Gasteiger partial charge in [-0.15, -0.1) is 0 Å². The number of halogens is 2. The van der Waals surface area contributed by atoms with E-state index >= 15 is 0 Å². The van der Waals surface area contributed by atoms with Crippen LogP contribution in [0.2, 0.25) is 0 Å². The SMILES string of the molecule is CCN1C[C@@H](N)CC(F)(F)C1. The van der Waals surface area contributed by atoms with Gasteiger partial charge in [-0.3, -0.25) is 4.90 Å². The first-order valence-corrected chi connectivity index (χ1v) is 3.89. The smallest absolute Gasteiger partial charge is 0.262 e. The first-order valence-electron chi connectivity index (χ1n) is 3.89. The molecule has 0 aromatic heterocycles. The van der Waals surface area contributed by atoms with Crippen LogP contribution in [-0.2, 0) is 0 Å².